The average molecular weight is 222 g/mol. The Labute approximate surface area is 95.0 Å². The maximum absolute atomic E-state index is 5.60. The molecule has 2 N–H and O–H groups in total. The maximum atomic E-state index is 5.60. The normalized spacial score (nSPS) is 28.7. The molecule has 2 fully saturated rings. The van der Waals surface area contributed by atoms with Gasteiger partial charge in [-0.2, -0.15) is 0 Å². The number of nitrogens with two attached hydrogens (primary N) is 1. The number of nitrogens with zero attached hydrogens (tertiary/aromatic N) is 3. The lowest BCUT2D eigenvalue weighted by Gasteiger charge is -2.12. The molecule has 5 heteroatoms. The van der Waals surface area contributed by atoms with E-state index in [0.717, 1.165) is 24.9 Å². The van der Waals surface area contributed by atoms with E-state index in [1.54, 1.807) is 0 Å². The molecule has 5 nitrogen and oxygen atoms in total. The lowest BCUT2D eigenvalue weighted by molar-refractivity contribution is 0.486. The van der Waals surface area contributed by atoms with Gasteiger partial charge in [0.1, 0.15) is 0 Å². The molecule has 0 radical (unpaired) electrons. The van der Waals surface area contributed by atoms with E-state index in [0.29, 0.717) is 24.9 Å². The van der Waals surface area contributed by atoms with E-state index in [4.69, 9.17) is 10.2 Å². The van der Waals surface area contributed by atoms with Crippen molar-refractivity contribution in [2.24, 2.45) is 17.6 Å². The SMILES string of the molecule is NCCc1nnc(N2CC3CCCC3C2)o1. The first kappa shape index (κ1) is 10.1. The molecule has 1 aliphatic heterocycles. The van der Waals surface area contributed by atoms with Gasteiger partial charge in [0.2, 0.25) is 5.89 Å². The Bertz CT molecular complexity index is 353. The summed E-state index contributed by atoms with van der Waals surface area (Å²) in [4.78, 5) is 2.24. The Balaban J connectivity index is 1.68. The summed E-state index contributed by atoms with van der Waals surface area (Å²) in [5, 5.41) is 8.10. The van der Waals surface area contributed by atoms with Gasteiger partial charge in [-0.3, -0.25) is 0 Å². The van der Waals surface area contributed by atoms with Crippen LogP contribution in [0.2, 0.25) is 0 Å². The molecule has 0 amide bonds. The molecule has 0 bridgehead atoms. The lowest BCUT2D eigenvalue weighted by Crippen LogP contribution is -2.20. The van der Waals surface area contributed by atoms with Gasteiger partial charge in [-0.15, -0.1) is 5.10 Å². The molecule has 1 saturated heterocycles. The van der Waals surface area contributed by atoms with Crippen LogP contribution in [-0.4, -0.2) is 29.8 Å². The predicted molar refractivity (Wildman–Crippen MR) is 60.1 cm³/mol. The Hall–Kier alpha value is -1.10. The van der Waals surface area contributed by atoms with Crippen LogP contribution in [0.3, 0.4) is 0 Å². The Morgan fingerprint density at radius 1 is 1.25 bits per heavy atom. The van der Waals surface area contributed by atoms with Gasteiger partial charge in [0.15, 0.2) is 0 Å². The summed E-state index contributed by atoms with van der Waals surface area (Å²) in [5.41, 5.74) is 5.46. The molecule has 0 aromatic carbocycles. The Morgan fingerprint density at radius 3 is 2.69 bits per heavy atom. The monoisotopic (exact) mass is 222 g/mol. The number of aromatic nitrogens is 2. The van der Waals surface area contributed by atoms with Crippen molar-refractivity contribution >= 4 is 6.01 Å². The van der Waals surface area contributed by atoms with Crippen LogP contribution in [0, 0.1) is 11.8 Å². The molecule has 1 aliphatic carbocycles. The van der Waals surface area contributed by atoms with Crippen LogP contribution in [0.4, 0.5) is 6.01 Å². The zero-order valence-electron chi connectivity index (χ0n) is 9.43. The minimum absolute atomic E-state index is 0.562. The first-order chi connectivity index (χ1) is 7.86. The minimum Gasteiger partial charge on any atom is -0.408 e. The standard InChI is InChI=1S/C11H18N4O/c12-5-4-10-13-14-11(16-10)15-6-8-2-1-3-9(8)7-15/h8-9H,1-7,12H2. The second-order valence-corrected chi connectivity index (χ2v) is 4.87. The highest BCUT2D eigenvalue weighted by Crippen LogP contribution is 2.39. The van der Waals surface area contributed by atoms with Crippen molar-refractivity contribution in [1.29, 1.82) is 0 Å². The first-order valence-corrected chi connectivity index (χ1v) is 6.14. The third-order valence-corrected chi connectivity index (χ3v) is 3.81. The molecule has 88 valence electrons. The van der Waals surface area contributed by atoms with Gasteiger partial charge < -0.3 is 15.1 Å². The summed E-state index contributed by atoms with van der Waals surface area (Å²) in [6.07, 6.45) is 4.80. The lowest BCUT2D eigenvalue weighted by atomic mass is 10.0. The molecule has 16 heavy (non-hydrogen) atoms. The third-order valence-electron chi connectivity index (χ3n) is 3.81. The van der Waals surface area contributed by atoms with Crippen LogP contribution in [0.1, 0.15) is 25.2 Å². The van der Waals surface area contributed by atoms with Crippen LogP contribution in [-0.2, 0) is 6.42 Å². The fraction of sp³-hybridized carbons (Fsp3) is 0.818. The fourth-order valence-electron chi connectivity index (χ4n) is 2.99. The molecule has 2 atom stereocenters. The van der Waals surface area contributed by atoms with Crippen LogP contribution >= 0.6 is 0 Å². The second-order valence-electron chi connectivity index (χ2n) is 4.87. The number of hydrogen-bond acceptors (Lipinski definition) is 5. The van der Waals surface area contributed by atoms with Gasteiger partial charge in [0.25, 0.3) is 0 Å². The zero-order valence-corrected chi connectivity index (χ0v) is 9.43. The number of rotatable bonds is 3. The van der Waals surface area contributed by atoms with Gasteiger partial charge in [-0.05, 0) is 24.7 Å². The molecule has 1 aromatic heterocycles. The van der Waals surface area contributed by atoms with Crippen LogP contribution in [0.5, 0.6) is 0 Å². The van der Waals surface area contributed by atoms with Crippen molar-refractivity contribution in [2.45, 2.75) is 25.7 Å². The van der Waals surface area contributed by atoms with Gasteiger partial charge in [-0.25, -0.2) is 0 Å². The molecule has 2 aliphatic rings. The van der Waals surface area contributed by atoms with Gasteiger partial charge in [-0.1, -0.05) is 11.5 Å². The van der Waals surface area contributed by atoms with E-state index in [1.807, 2.05) is 0 Å². The highest BCUT2D eigenvalue weighted by molar-refractivity contribution is 5.28. The van der Waals surface area contributed by atoms with Crippen molar-refractivity contribution in [3.63, 3.8) is 0 Å². The largest absolute Gasteiger partial charge is 0.408 e. The van der Waals surface area contributed by atoms with E-state index in [9.17, 15) is 0 Å². The Morgan fingerprint density at radius 2 is 2.00 bits per heavy atom. The summed E-state index contributed by atoms with van der Waals surface area (Å²) >= 11 is 0. The fourth-order valence-corrected chi connectivity index (χ4v) is 2.99. The summed E-state index contributed by atoms with van der Waals surface area (Å²) in [6.45, 7) is 2.75. The summed E-state index contributed by atoms with van der Waals surface area (Å²) in [6, 6.07) is 0.692. The third kappa shape index (κ3) is 1.69. The van der Waals surface area contributed by atoms with Crippen molar-refractivity contribution in [1.82, 2.24) is 10.2 Å². The van der Waals surface area contributed by atoms with Crippen molar-refractivity contribution in [3.05, 3.63) is 5.89 Å². The van der Waals surface area contributed by atoms with E-state index < -0.39 is 0 Å². The van der Waals surface area contributed by atoms with Gasteiger partial charge in [0, 0.05) is 26.1 Å². The van der Waals surface area contributed by atoms with Crippen molar-refractivity contribution < 1.29 is 4.42 Å². The van der Waals surface area contributed by atoms with Gasteiger partial charge >= 0.3 is 6.01 Å². The maximum Gasteiger partial charge on any atom is 0.318 e. The summed E-state index contributed by atoms with van der Waals surface area (Å²) in [7, 11) is 0. The first-order valence-electron chi connectivity index (χ1n) is 6.14. The molecule has 2 heterocycles. The number of fused-ring (bicyclic) bond motifs is 1. The number of anilines is 1. The smallest absolute Gasteiger partial charge is 0.318 e. The van der Waals surface area contributed by atoms with E-state index >= 15 is 0 Å². The topological polar surface area (TPSA) is 68.2 Å². The van der Waals surface area contributed by atoms with Crippen LogP contribution in [0.15, 0.2) is 4.42 Å². The molecule has 1 saturated carbocycles. The number of hydrogen-bond donors (Lipinski definition) is 1. The molecule has 0 spiro atoms. The molecule has 1 aromatic rings. The summed E-state index contributed by atoms with van der Waals surface area (Å²) in [5.74, 6) is 2.37. The van der Waals surface area contributed by atoms with E-state index in [-0.39, 0.29) is 0 Å². The summed E-state index contributed by atoms with van der Waals surface area (Å²) < 4.78 is 5.60. The van der Waals surface area contributed by atoms with Crippen LogP contribution in [0.25, 0.3) is 0 Å². The Kier molecular flexibility index (Phi) is 2.55. The quantitative estimate of drug-likeness (QED) is 0.819. The predicted octanol–water partition coefficient (Wildman–Crippen LogP) is 0.807. The van der Waals surface area contributed by atoms with E-state index in [2.05, 4.69) is 15.1 Å². The van der Waals surface area contributed by atoms with Crippen molar-refractivity contribution in [3.8, 4) is 0 Å². The highest BCUT2D eigenvalue weighted by atomic mass is 16.4. The van der Waals surface area contributed by atoms with E-state index in [1.165, 1.54) is 19.3 Å². The molecular formula is C11H18N4O. The van der Waals surface area contributed by atoms with Crippen LogP contribution < -0.4 is 10.6 Å². The highest BCUT2D eigenvalue weighted by Gasteiger charge is 2.37. The second kappa shape index (κ2) is 4.05. The minimum atomic E-state index is 0.562. The average Bonchev–Trinajstić information content (AvgIpc) is 2.88. The molecule has 2 unspecified atom stereocenters. The zero-order chi connectivity index (χ0) is 11.0. The molecule has 3 rings (SSSR count). The van der Waals surface area contributed by atoms with Gasteiger partial charge in [0.05, 0.1) is 0 Å². The van der Waals surface area contributed by atoms with Crippen molar-refractivity contribution in [2.75, 3.05) is 24.5 Å². The molecular weight excluding hydrogens is 204 g/mol.